The standard InChI is InChI=1S/C32H46B2N2O6S/c1-29(2)30(3,4)40-33(39-29)25-9-11-27-23(17-25)19-35(21-37-27)13-15-43-16-14-36-20-24-18-26(10-12-28(24)38-22-36)34-41-31(5,6)32(7,8)42-34/h9-12,17-18H,13-16,19-22H2,1-8H3. The van der Waals surface area contributed by atoms with Crippen LogP contribution >= 0.6 is 11.8 Å². The van der Waals surface area contributed by atoms with Gasteiger partial charge in [-0.25, -0.2) is 0 Å². The van der Waals surface area contributed by atoms with E-state index in [2.05, 4.69) is 102 Å². The van der Waals surface area contributed by atoms with Crippen LogP contribution in [0.2, 0.25) is 0 Å². The molecule has 0 spiro atoms. The summed E-state index contributed by atoms with van der Waals surface area (Å²) in [5.41, 5.74) is 3.06. The van der Waals surface area contributed by atoms with Gasteiger partial charge in [0.2, 0.25) is 0 Å². The third-order valence-electron chi connectivity index (χ3n) is 9.92. The van der Waals surface area contributed by atoms with Crippen molar-refractivity contribution in [1.82, 2.24) is 9.80 Å². The summed E-state index contributed by atoms with van der Waals surface area (Å²) in [6.45, 7) is 21.6. The van der Waals surface area contributed by atoms with Gasteiger partial charge in [-0.2, -0.15) is 11.8 Å². The van der Waals surface area contributed by atoms with Gasteiger partial charge in [0, 0.05) is 48.8 Å². The molecule has 0 N–H and O–H groups in total. The van der Waals surface area contributed by atoms with E-state index < -0.39 is 0 Å². The highest BCUT2D eigenvalue weighted by Crippen LogP contribution is 2.38. The largest absolute Gasteiger partial charge is 0.494 e. The molecule has 2 saturated heterocycles. The number of hydrogen-bond acceptors (Lipinski definition) is 9. The van der Waals surface area contributed by atoms with E-state index in [1.54, 1.807) is 0 Å². The van der Waals surface area contributed by atoms with Crippen LogP contribution in [0.1, 0.15) is 66.5 Å². The maximum absolute atomic E-state index is 6.27. The molecule has 2 aromatic rings. The fraction of sp³-hybridized carbons (Fsp3) is 0.625. The second-order valence-corrected chi connectivity index (χ2v) is 15.4. The molecule has 0 amide bonds. The average Bonchev–Trinajstić information content (AvgIpc) is 3.31. The summed E-state index contributed by atoms with van der Waals surface area (Å²) in [5, 5.41) is 0. The first kappa shape index (κ1) is 31.3. The van der Waals surface area contributed by atoms with Crippen LogP contribution in [0.25, 0.3) is 0 Å². The third-order valence-corrected chi connectivity index (χ3v) is 10.9. The van der Waals surface area contributed by atoms with E-state index in [0.717, 1.165) is 60.1 Å². The van der Waals surface area contributed by atoms with Gasteiger partial charge in [-0.15, -0.1) is 0 Å². The quantitative estimate of drug-likeness (QED) is 0.327. The van der Waals surface area contributed by atoms with Gasteiger partial charge in [-0.1, -0.05) is 24.3 Å². The monoisotopic (exact) mass is 608 g/mol. The second kappa shape index (κ2) is 11.6. The minimum Gasteiger partial charge on any atom is -0.478 e. The second-order valence-electron chi connectivity index (χ2n) is 14.2. The van der Waals surface area contributed by atoms with Crippen LogP contribution < -0.4 is 20.4 Å². The van der Waals surface area contributed by atoms with E-state index in [-0.39, 0.29) is 36.6 Å². The molecule has 2 aromatic carbocycles. The van der Waals surface area contributed by atoms with Crippen molar-refractivity contribution in [2.45, 2.75) is 90.9 Å². The first-order valence-corrected chi connectivity index (χ1v) is 16.6. The van der Waals surface area contributed by atoms with E-state index in [9.17, 15) is 0 Å². The molecule has 0 aliphatic carbocycles. The molecule has 0 bridgehead atoms. The lowest BCUT2D eigenvalue weighted by molar-refractivity contribution is 0.00578. The minimum absolute atomic E-state index is 0.353. The lowest BCUT2D eigenvalue weighted by atomic mass is 9.78. The van der Waals surface area contributed by atoms with Gasteiger partial charge in [0.15, 0.2) is 0 Å². The van der Waals surface area contributed by atoms with Crippen molar-refractivity contribution in [3.05, 3.63) is 47.5 Å². The summed E-state index contributed by atoms with van der Waals surface area (Å²) in [7, 11) is -0.718. The Balaban J connectivity index is 0.954. The maximum atomic E-state index is 6.27. The lowest BCUT2D eigenvalue weighted by Gasteiger charge is -2.32. The van der Waals surface area contributed by atoms with Gasteiger partial charge in [0.05, 0.1) is 22.4 Å². The summed E-state index contributed by atoms with van der Waals surface area (Å²) < 4.78 is 37.2. The minimum atomic E-state index is -0.359. The number of ether oxygens (including phenoxy) is 2. The molecule has 4 aliphatic heterocycles. The predicted octanol–water partition coefficient (Wildman–Crippen LogP) is 4.02. The van der Waals surface area contributed by atoms with Crippen LogP contribution in [0, 0.1) is 0 Å². The van der Waals surface area contributed by atoms with Gasteiger partial charge in [0.1, 0.15) is 25.0 Å². The molecule has 43 heavy (non-hydrogen) atoms. The van der Waals surface area contributed by atoms with Crippen molar-refractivity contribution in [1.29, 1.82) is 0 Å². The van der Waals surface area contributed by atoms with Gasteiger partial charge < -0.3 is 28.1 Å². The molecule has 0 saturated carbocycles. The molecule has 0 atom stereocenters. The fourth-order valence-corrected chi connectivity index (χ4v) is 6.63. The predicted molar refractivity (Wildman–Crippen MR) is 173 cm³/mol. The number of rotatable bonds is 8. The first-order valence-electron chi connectivity index (χ1n) is 15.5. The van der Waals surface area contributed by atoms with Crippen LogP contribution in [0.4, 0.5) is 0 Å². The lowest BCUT2D eigenvalue weighted by Crippen LogP contribution is -2.41. The number of benzene rings is 2. The van der Waals surface area contributed by atoms with Crippen molar-refractivity contribution < 1.29 is 28.1 Å². The highest BCUT2D eigenvalue weighted by molar-refractivity contribution is 7.99. The van der Waals surface area contributed by atoms with Crippen molar-refractivity contribution in [2.24, 2.45) is 0 Å². The first-order chi connectivity index (χ1) is 20.2. The topological polar surface area (TPSA) is 61.9 Å². The molecular formula is C32H46B2N2O6S. The number of fused-ring (bicyclic) bond motifs is 2. The Bertz CT molecular complexity index is 1210. The fourth-order valence-electron chi connectivity index (χ4n) is 5.65. The van der Waals surface area contributed by atoms with Crippen molar-refractivity contribution in [3.63, 3.8) is 0 Å². The van der Waals surface area contributed by atoms with Gasteiger partial charge in [-0.3, -0.25) is 9.80 Å². The summed E-state index contributed by atoms with van der Waals surface area (Å²) in [6.07, 6.45) is 0. The van der Waals surface area contributed by atoms with Gasteiger partial charge in [0.25, 0.3) is 0 Å². The zero-order valence-corrected chi connectivity index (χ0v) is 27.8. The highest BCUT2D eigenvalue weighted by Gasteiger charge is 2.53. The number of thioether (sulfide) groups is 1. The Hall–Kier alpha value is -1.72. The Morgan fingerprint density at radius 3 is 1.35 bits per heavy atom. The van der Waals surface area contributed by atoms with Crippen LogP contribution in [-0.4, -0.2) is 84.5 Å². The Kier molecular flexibility index (Phi) is 8.42. The summed E-state index contributed by atoms with van der Waals surface area (Å²) in [4.78, 5) is 4.72. The number of nitrogens with zero attached hydrogens (tertiary/aromatic N) is 2. The molecule has 0 aromatic heterocycles. The molecule has 6 rings (SSSR count). The van der Waals surface area contributed by atoms with Gasteiger partial charge in [-0.05, 0) is 78.4 Å². The molecule has 0 unspecified atom stereocenters. The highest BCUT2D eigenvalue weighted by atomic mass is 32.2. The van der Waals surface area contributed by atoms with Crippen LogP contribution in [-0.2, 0) is 31.7 Å². The van der Waals surface area contributed by atoms with E-state index in [4.69, 9.17) is 28.1 Å². The summed E-state index contributed by atoms with van der Waals surface area (Å²) in [6, 6.07) is 12.6. The molecule has 4 heterocycles. The van der Waals surface area contributed by atoms with E-state index >= 15 is 0 Å². The summed E-state index contributed by atoms with van der Waals surface area (Å²) in [5.74, 6) is 4.01. The van der Waals surface area contributed by atoms with Crippen molar-refractivity contribution in [2.75, 3.05) is 38.1 Å². The van der Waals surface area contributed by atoms with Gasteiger partial charge >= 0.3 is 14.2 Å². The van der Waals surface area contributed by atoms with E-state index in [0.29, 0.717) is 13.5 Å². The average molecular weight is 608 g/mol. The van der Waals surface area contributed by atoms with Crippen LogP contribution in [0.3, 0.4) is 0 Å². The molecular weight excluding hydrogens is 562 g/mol. The molecule has 0 radical (unpaired) electrons. The molecule has 11 heteroatoms. The Labute approximate surface area is 262 Å². The molecule has 8 nitrogen and oxygen atoms in total. The molecule has 2 fully saturated rings. The molecule has 4 aliphatic rings. The molecule has 232 valence electrons. The van der Waals surface area contributed by atoms with Crippen LogP contribution in [0.15, 0.2) is 36.4 Å². The number of hydrogen-bond donors (Lipinski definition) is 0. The summed E-state index contributed by atoms with van der Waals surface area (Å²) >= 11 is 1.97. The van der Waals surface area contributed by atoms with Crippen molar-refractivity contribution in [3.8, 4) is 11.5 Å². The zero-order valence-electron chi connectivity index (χ0n) is 27.0. The van der Waals surface area contributed by atoms with E-state index in [1.165, 1.54) is 11.1 Å². The SMILES string of the molecule is CC1(C)OB(c2ccc3c(c2)CN(CCSCCN2COc4ccc(B5OC(C)(C)C(C)(C)O5)cc4C2)CO3)OC1(C)C. The normalized spacial score (nSPS) is 23.9. The smallest absolute Gasteiger partial charge is 0.478 e. The maximum Gasteiger partial charge on any atom is 0.494 e. The van der Waals surface area contributed by atoms with E-state index in [1.807, 2.05) is 11.8 Å². The third kappa shape index (κ3) is 6.37. The zero-order chi connectivity index (χ0) is 30.6. The van der Waals surface area contributed by atoms with Crippen molar-refractivity contribution >= 4 is 36.9 Å². The Morgan fingerprint density at radius 2 is 0.977 bits per heavy atom. The Morgan fingerprint density at radius 1 is 0.605 bits per heavy atom. The van der Waals surface area contributed by atoms with Crippen LogP contribution in [0.5, 0.6) is 11.5 Å².